The molecule has 1 aromatic heterocycles. The molecule has 0 saturated heterocycles. The second kappa shape index (κ2) is 5.27. The third kappa shape index (κ3) is 3.31. The van der Waals surface area contributed by atoms with E-state index >= 15 is 0 Å². The number of nitrogens with two attached hydrogens (primary N) is 1. The van der Waals surface area contributed by atoms with Crippen molar-refractivity contribution in [3.8, 4) is 5.88 Å². The summed E-state index contributed by atoms with van der Waals surface area (Å²) in [5, 5.41) is 3.50. The normalized spacial score (nSPS) is 26.4. The summed E-state index contributed by atoms with van der Waals surface area (Å²) in [5.41, 5.74) is 6.54. The zero-order valence-electron chi connectivity index (χ0n) is 11.6. The SMILES string of the molecule is CC1CCC(Nc2ccc(N)c(OCC3CC3)n2)C1. The molecule has 1 aromatic rings. The Labute approximate surface area is 114 Å². The molecular weight excluding hydrogens is 238 g/mol. The molecule has 2 saturated carbocycles. The van der Waals surface area contributed by atoms with Gasteiger partial charge in [-0.25, -0.2) is 0 Å². The van der Waals surface area contributed by atoms with Gasteiger partial charge in [-0.3, -0.25) is 0 Å². The van der Waals surface area contributed by atoms with Gasteiger partial charge in [-0.2, -0.15) is 4.98 Å². The second-order valence-corrected chi connectivity index (χ2v) is 6.10. The fourth-order valence-electron chi connectivity index (χ4n) is 2.68. The second-order valence-electron chi connectivity index (χ2n) is 6.10. The summed E-state index contributed by atoms with van der Waals surface area (Å²) in [5.74, 6) is 3.01. The van der Waals surface area contributed by atoms with E-state index in [9.17, 15) is 0 Å². The van der Waals surface area contributed by atoms with Gasteiger partial charge in [0.05, 0.1) is 12.3 Å². The summed E-state index contributed by atoms with van der Waals surface area (Å²) in [6.45, 7) is 3.06. The largest absolute Gasteiger partial charge is 0.476 e. The van der Waals surface area contributed by atoms with Crippen LogP contribution < -0.4 is 15.8 Å². The molecule has 104 valence electrons. The van der Waals surface area contributed by atoms with Crippen LogP contribution in [-0.4, -0.2) is 17.6 Å². The van der Waals surface area contributed by atoms with Gasteiger partial charge in [0.25, 0.3) is 0 Å². The van der Waals surface area contributed by atoms with Crippen LogP contribution in [0.15, 0.2) is 12.1 Å². The topological polar surface area (TPSA) is 60.2 Å². The molecule has 2 aliphatic rings. The van der Waals surface area contributed by atoms with Crippen molar-refractivity contribution in [2.24, 2.45) is 11.8 Å². The van der Waals surface area contributed by atoms with Crippen LogP contribution in [0.5, 0.6) is 5.88 Å². The molecule has 0 amide bonds. The van der Waals surface area contributed by atoms with Crippen LogP contribution in [0.2, 0.25) is 0 Å². The smallest absolute Gasteiger partial charge is 0.239 e. The minimum Gasteiger partial charge on any atom is -0.476 e. The fourth-order valence-corrected chi connectivity index (χ4v) is 2.68. The van der Waals surface area contributed by atoms with Gasteiger partial charge in [0.1, 0.15) is 5.82 Å². The van der Waals surface area contributed by atoms with Gasteiger partial charge in [0, 0.05) is 6.04 Å². The minimum atomic E-state index is 0.544. The lowest BCUT2D eigenvalue weighted by Gasteiger charge is -2.15. The Bertz CT molecular complexity index is 445. The van der Waals surface area contributed by atoms with Crippen LogP contribution >= 0.6 is 0 Å². The standard InChI is InChI=1S/C15H23N3O/c1-10-2-5-12(8-10)17-14-7-6-13(16)15(18-14)19-9-11-3-4-11/h6-7,10-12H,2-5,8-9,16H2,1H3,(H,17,18). The molecule has 19 heavy (non-hydrogen) atoms. The highest BCUT2D eigenvalue weighted by molar-refractivity contribution is 5.53. The number of nitrogens with one attached hydrogen (secondary N) is 1. The van der Waals surface area contributed by atoms with Crippen molar-refractivity contribution in [2.75, 3.05) is 17.7 Å². The Morgan fingerprint density at radius 3 is 2.84 bits per heavy atom. The van der Waals surface area contributed by atoms with Crippen molar-refractivity contribution >= 4 is 11.5 Å². The van der Waals surface area contributed by atoms with Crippen molar-refractivity contribution in [1.82, 2.24) is 4.98 Å². The third-order valence-corrected chi connectivity index (χ3v) is 4.09. The quantitative estimate of drug-likeness (QED) is 0.855. The number of hydrogen-bond acceptors (Lipinski definition) is 4. The summed E-state index contributed by atoms with van der Waals surface area (Å²) in [7, 11) is 0. The molecule has 2 fully saturated rings. The van der Waals surface area contributed by atoms with E-state index in [1.807, 2.05) is 12.1 Å². The Hall–Kier alpha value is -1.45. The number of aromatic nitrogens is 1. The van der Waals surface area contributed by atoms with Gasteiger partial charge in [-0.15, -0.1) is 0 Å². The molecule has 3 rings (SSSR count). The molecule has 2 aliphatic carbocycles. The van der Waals surface area contributed by atoms with Crippen molar-refractivity contribution in [2.45, 2.75) is 45.1 Å². The molecule has 0 radical (unpaired) electrons. The van der Waals surface area contributed by atoms with E-state index in [0.29, 0.717) is 23.5 Å². The van der Waals surface area contributed by atoms with Gasteiger partial charge >= 0.3 is 0 Å². The molecular formula is C15H23N3O. The van der Waals surface area contributed by atoms with Crippen molar-refractivity contribution < 1.29 is 4.74 Å². The Morgan fingerprint density at radius 2 is 2.16 bits per heavy atom. The highest BCUT2D eigenvalue weighted by Gasteiger charge is 2.23. The summed E-state index contributed by atoms with van der Waals surface area (Å²) >= 11 is 0. The van der Waals surface area contributed by atoms with E-state index in [-0.39, 0.29) is 0 Å². The van der Waals surface area contributed by atoms with Crippen molar-refractivity contribution in [3.63, 3.8) is 0 Å². The summed E-state index contributed by atoms with van der Waals surface area (Å²) in [6, 6.07) is 4.38. The predicted octanol–water partition coefficient (Wildman–Crippen LogP) is 3.05. The van der Waals surface area contributed by atoms with E-state index in [4.69, 9.17) is 10.5 Å². The molecule has 2 atom stereocenters. The molecule has 3 N–H and O–H groups in total. The first-order valence-corrected chi connectivity index (χ1v) is 7.36. The molecule has 1 heterocycles. The third-order valence-electron chi connectivity index (χ3n) is 4.09. The molecule has 0 spiro atoms. The lowest BCUT2D eigenvalue weighted by atomic mass is 10.1. The van der Waals surface area contributed by atoms with Gasteiger partial charge < -0.3 is 15.8 Å². The number of hydrogen-bond donors (Lipinski definition) is 2. The first-order valence-electron chi connectivity index (χ1n) is 7.36. The number of pyridine rings is 1. The lowest BCUT2D eigenvalue weighted by molar-refractivity contribution is 0.290. The lowest BCUT2D eigenvalue weighted by Crippen LogP contribution is -2.16. The average molecular weight is 261 g/mol. The van der Waals surface area contributed by atoms with Gasteiger partial charge in [0.15, 0.2) is 0 Å². The van der Waals surface area contributed by atoms with Gasteiger partial charge in [0.2, 0.25) is 5.88 Å². The van der Waals surface area contributed by atoms with Crippen molar-refractivity contribution in [1.29, 1.82) is 0 Å². The maximum atomic E-state index is 5.91. The van der Waals surface area contributed by atoms with E-state index in [1.54, 1.807) is 0 Å². The Morgan fingerprint density at radius 1 is 1.32 bits per heavy atom. The van der Waals surface area contributed by atoms with Gasteiger partial charge in [-0.1, -0.05) is 6.92 Å². The van der Waals surface area contributed by atoms with E-state index in [1.165, 1.54) is 32.1 Å². The molecule has 0 aliphatic heterocycles. The number of nitrogens with zero attached hydrogens (tertiary/aromatic N) is 1. The first-order chi connectivity index (χ1) is 9.20. The molecule has 4 heteroatoms. The summed E-state index contributed by atoms with van der Waals surface area (Å²) in [4.78, 5) is 4.50. The zero-order chi connectivity index (χ0) is 13.2. The Kier molecular flexibility index (Phi) is 3.49. The Balaban J connectivity index is 1.62. The van der Waals surface area contributed by atoms with E-state index < -0.39 is 0 Å². The zero-order valence-corrected chi connectivity index (χ0v) is 11.6. The van der Waals surface area contributed by atoms with Crippen LogP contribution in [0.25, 0.3) is 0 Å². The highest BCUT2D eigenvalue weighted by Crippen LogP contribution is 2.31. The fraction of sp³-hybridized carbons (Fsp3) is 0.667. The molecule has 0 bridgehead atoms. The van der Waals surface area contributed by atoms with Crippen LogP contribution in [0.3, 0.4) is 0 Å². The predicted molar refractivity (Wildman–Crippen MR) is 77.3 cm³/mol. The molecule has 0 aromatic carbocycles. The molecule has 2 unspecified atom stereocenters. The number of nitrogen functional groups attached to an aromatic ring is 1. The molecule has 4 nitrogen and oxygen atoms in total. The highest BCUT2D eigenvalue weighted by atomic mass is 16.5. The summed E-state index contributed by atoms with van der Waals surface area (Å²) < 4.78 is 5.71. The minimum absolute atomic E-state index is 0.544. The van der Waals surface area contributed by atoms with E-state index in [0.717, 1.165) is 18.3 Å². The monoisotopic (exact) mass is 261 g/mol. The number of anilines is 2. The first kappa shape index (κ1) is 12.6. The van der Waals surface area contributed by atoms with E-state index in [2.05, 4.69) is 17.2 Å². The van der Waals surface area contributed by atoms with Crippen LogP contribution in [0.1, 0.15) is 39.0 Å². The van der Waals surface area contributed by atoms with Crippen LogP contribution in [0, 0.1) is 11.8 Å². The average Bonchev–Trinajstić information content (AvgIpc) is 3.13. The maximum absolute atomic E-state index is 5.91. The number of rotatable bonds is 5. The van der Waals surface area contributed by atoms with Crippen LogP contribution in [0.4, 0.5) is 11.5 Å². The van der Waals surface area contributed by atoms with Crippen molar-refractivity contribution in [3.05, 3.63) is 12.1 Å². The summed E-state index contributed by atoms with van der Waals surface area (Å²) in [6.07, 6.45) is 6.31. The van der Waals surface area contributed by atoms with Gasteiger partial charge in [-0.05, 0) is 56.1 Å². The van der Waals surface area contributed by atoms with Crippen LogP contribution in [-0.2, 0) is 0 Å². The number of ether oxygens (including phenoxy) is 1. The maximum Gasteiger partial charge on any atom is 0.239 e.